The predicted octanol–water partition coefficient (Wildman–Crippen LogP) is 5.04. The van der Waals surface area contributed by atoms with Crippen LogP contribution in [0.1, 0.15) is 70.9 Å². The number of piperidine rings is 1. The monoisotopic (exact) mass is 652 g/mol. The molecule has 0 aliphatic carbocycles. The van der Waals surface area contributed by atoms with Gasteiger partial charge in [0.2, 0.25) is 0 Å². The fourth-order valence-corrected chi connectivity index (χ4v) is 7.88. The average Bonchev–Trinajstić information content (AvgIpc) is 3.52. The molecule has 1 spiro atoms. The molecule has 0 radical (unpaired) electrons. The molecule has 250 valence electrons. The first-order valence-electron chi connectivity index (χ1n) is 16.3. The third-order valence-electron chi connectivity index (χ3n) is 9.51. The van der Waals surface area contributed by atoms with Crippen LogP contribution in [0.5, 0.6) is 0 Å². The SMILES string of the molecule is CC(C)CC([C@@H]1CN(C(=O)OC(C)(C)C)C[C@@H]1c1ccccc1)N1CCC2(CC1)NC(=O)N(Cc1ccc(S(C)(=O)=O)cc1)C2=O. The van der Waals surface area contributed by atoms with Crippen molar-refractivity contribution in [3.63, 3.8) is 0 Å². The summed E-state index contributed by atoms with van der Waals surface area (Å²) >= 11 is 0. The summed E-state index contributed by atoms with van der Waals surface area (Å²) in [6.45, 7) is 12.6. The van der Waals surface area contributed by atoms with Crippen LogP contribution in [-0.2, 0) is 25.9 Å². The maximum Gasteiger partial charge on any atom is 0.410 e. The number of sulfone groups is 1. The first kappa shape index (κ1) is 33.9. The van der Waals surface area contributed by atoms with Crippen molar-refractivity contribution >= 4 is 27.9 Å². The summed E-state index contributed by atoms with van der Waals surface area (Å²) in [5.41, 5.74) is 0.353. The third kappa shape index (κ3) is 7.41. The smallest absolute Gasteiger partial charge is 0.410 e. The van der Waals surface area contributed by atoms with Crippen molar-refractivity contribution in [2.75, 3.05) is 32.4 Å². The molecule has 10 nitrogen and oxygen atoms in total. The van der Waals surface area contributed by atoms with Crippen LogP contribution in [0, 0.1) is 11.8 Å². The largest absolute Gasteiger partial charge is 0.444 e. The molecule has 3 atom stereocenters. The van der Waals surface area contributed by atoms with Crippen molar-refractivity contribution in [2.24, 2.45) is 11.8 Å². The molecule has 5 rings (SSSR count). The Kier molecular flexibility index (Phi) is 9.57. The first-order chi connectivity index (χ1) is 21.6. The molecule has 3 saturated heterocycles. The first-order valence-corrected chi connectivity index (χ1v) is 18.2. The van der Waals surface area contributed by atoms with Gasteiger partial charge in [0.15, 0.2) is 9.84 Å². The highest BCUT2D eigenvalue weighted by Gasteiger charge is 2.53. The molecule has 3 aliphatic heterocycles. The van der Waals surface area contributed by atoms with Gasteiger partial charge in [-0.1, -0.05) is 56.3 Å². The van der Waals surface area contributed by atoms with Crippen LogP contribution in [-0.4, -0.2) is 90.8 Å². The van der Waals surface area contributed by atoms with Gasteiger partial charge in [-0.2, -0.15) is 0 Å². The number of nitrogens with one attached hydrogen (secondary N) is 1. The number of hydrogen-bond acceptors (Lipinski definition) is 7. The third-order valence-corrected chi connectivity index (χ3v) is 10.6. The van der Waals surface area contributed by atoms with E-state index in [2.05, 4.69) is 36.2 Å². The highest BCUT2D eigenvalue weighted by molar-refractivity contribution is 7.90. The molecule has 3 heterocycles. The lowest BCUT2D eigenvalue weighted by atomic mass is 9.78. The molecule has 0 bridgehead atoms. The second-order valence-electron chi connectivity index (χ2n) is 14.6. The van der Waals surface area contributed by atoms with Gasteiger partial charge in [-0.15, -0.1) is 0 Å². The number of nitrogens with zero attached hydrogens (tertiary/aromatic N) is 3. The fraction of sp³-hybridized carbons (Fsp3) is 0.571. The Labute approximate surface area is 273 Å². The minimum absolute atomic E-state index is 0.0808. The summed E-state index contributed by atoms with van der Waals surface area (Å²) < 4.78 is 29.5. The summed E-state index contributed by atoms with van der Waals surface area (Å²) in [6, 6.07) is 16.4. The minimum atomic E-state index is -3.34. The number of hydrogen-bond donors (Lipinski definition) is 1. The van der Waals surface area contributed by atoms with Crippen LogP contribution in [0.25, 0.3) is 0 Å². The zero-order valence-corrected chi connectivity index (χ0v) is 28.7. The lowest BCUT2D eigenvalue weighted by Crippen LogP contribution is -2.58. The number of urea groups is 1. The van der Waals surface area contributed by atoms with E-state index in [-0.39, 0.29) is 41.3 Å². The van der Waals surface area contributed by atoms with Crippen molar-refractivity contribution in [3.05, 3.63) is 65.7 Å². The Morgan fingerprint density at radius 2 is 1.63 bits per heavy atom. The number of ether oxygens (including phenoxy) is 1. The summed E-state index contributed by atoms with van der Waals surface area (Å²) in [5, 5.41) is 3.02. The van der Waals surface area contributed by atoms with Crippen LogP contribution < -0.4 is 5.32 Å². The van der Waals surface area contributed by atoms with Gasteiger partial charge in [0.05, 0.1) is 11.4 Å². The molecule has 2 aromatic carbocycles. The maximum absolute atomic E-state index is 13.8. The van der Waals surface area contributed by atoms with Crippen molar-refractivity contribution in [2.45, 2.75) is 88.4 Å². The molecule has 1 unspecified atom stereocenters. The molecule has 1 N–H and O–H groups in total. The van der Waals surface area contributed by atoms with E-state index in [9.17, 15) is 22.8 Å². The standard InChI is InChI=1S/C35H48N4O6S/c1-24(2)20-30(29-23-38(33(42)45-34(3,4)5)22-28(29)26-10-8-7-9-11-26)37-18-16-35(17-19-37)31(40)39(32(41)36-35)21-25-12-14-27(15-13-25)46(6,43)44/h7-15,24,28-30H,16-23H2,1-6H3,(H,36,41)/t28-,29-,30?/m1/s1. The number of imide groups is 1. The van der Waals surface area contributed by atoms with Gasteiger partial charge < -0.3 is 15.0 Å². The van der Waals surface area contributed by atoms with E-state index in [1.165, 1.54) is 22.6 Å². The van der Waals surface area contributed by atoms with Gasteiger partial charge in [0, 0.05) is 50.3 Å². The van der Waals surface area contributed by atoms with Gasteiger partial charge in [-0.05, 0) is 69.2 Å². The van der Waals surface area contributed by atoms with Crippen LogP contribution in [0.15, 0.2) is 59.5 Å². The quantitative estimate of drug-likeness (QED) is 0.397. The average molecular weight is 653 g/mol. The second-order valence-corrected chi connectivity index (χ2v) is 16.6. The summed E-state index contributed by atoms with van der Waals surface area (Å²) in [4.78, 5) is 45.9. The maximum atomic E-state index is 13.8. The number of carbonyl (C=O) groups is 3. The van der Waals surface area contributed by atoms with Crippen LogP contribution in [0.3, 0.4) is 0 Å². The number of amides is 4. The number of likely N-dealkylation sites (tertiary alicyclic amines) is 2. The van der Waals surface area contributed by atoms with Gasteiger partial charge in [0.1, 0.15) is 11.1 Å². The molecule has 46 heavy (non-hydrogen) atoms. The lowest BCUT2D eigenvalue weighted by Gasteiger charge is -2.44. The number of carbonyl (C=O) groups excluding carboxylic acids is 3. The van der Waals surface area contributed by atoms with E-state index < -0.39 is 27.0 Å². The van der Waals surface area contributed by atoms with Crippen LogP contribution in [0.2, 0.25) is 0 Å². The molecule has 11 heteroatoms. The van der Waals surface area contributed by atoms with Crippen molar-refractivity contribution < 1.29 is 27.5 Å². The molecular formula is C35H48N4O6S. The van der Waals surface area contributed by atoms with E-state index in [0.717, 1.165) is 12.7 Å². The molecule has 4 amide bonds. The molecule has 3 fully saturated rings. The Balaban J connectivity index is 1.32. The molecule has 2 aromatic rings. The van der Waals surface area contributed by atoms with Crippen LogP contribution >= 0.6 is 0 Å². The predicted molar refractivity (Wildman–Crippen MR) is 176 cm³/mol. The van der Waals surface area contributed by atoms with Crippen molar-refractivity contribution in [1.82, 2.24) is 20.0 Å². The highest BCUT2D eigenvalue weighted by Crippen LogP contribution is 2.41. The minimum Gasteiger partial charge on any atom is -0.444 e. The zero-order chi connectivity index (χ0) is 33.4. The summed E-state index contributed by atoms with van der Waals surface area (Å²) in [7, 11) is -3.34. The Morgan fingerprint density at radius 3 is 2.20 bits per heavy atom. The molecule has 0 saturated carbocycles. The normalized spacial score (nSPS) is 22.8. The Hall–Kier alpha value is -3.44. The van der Waals surface area contributed by atoms with Crippen LogP contribution in [0.4, 0.5) is 9.59 Å². The van der Waals surface area contributed by atoms with Crippen molar-refractivity contribution in [1.29, 1.82) is 0 Å². The van der Waals surface area contributed by atoms with E-state index in [0.29, 0.717) is 50.5 Å². The van der Waals surface area contributed by atoms with Gasteiger partial charge >= 0.3 is 12.1 Å². The molecule has 0 aromatic heterocycles. The van der Waals surface area contributed by atoms with E-state index in [4.69, 9.17) is 4.74 Å². The second kappa shape index (κ2) is 13.0. The number of benzene rings is 2. The fourth-order valence-electron chi connectivity index (χ4n) is 7.25. The van der Waals surface area contributed by atoms with E-state index in [1.54, 1.807) is 12.1 Å². The molecular weight excluding hydrogens is 604 g/mol. The highest BCUT2D eigenvalue weighted by atomic mass is 32.2. The van der Waals surface area contributed by atoms with E-state index in [1.807, 2.05) is 43.9 Å². The van der Waals surface area contributed by atoms with Crippen molar-refractivity contribution in [3.8, 4) is 0 Å². The molecule has 3 aliphatic rings. The lowest BCUT2D eigenvalue weighted by molar-refractivity contribution is -0.133. The van der Waals surface area contributed by atoms with Gasteiger partial charge in [0.25, 0.3) is 5.91 Å². The Morgan fingerprint density at radius 1 is 1.00 bits per heavy atom. The van der Waals surface area contributed by atoms with Gasteiger partial charge in [-0.25, -0.2) is 18.0 Å². The zero-order valence-electron chi connectivity index (χ0n) is 27.9. The topological polar surface area (TPSA) is 116 Å². The number of rotatable bonds is 8. The summed E-state index contributed by atoms with van der Waals surface area (Å²) in [5.74, 6) is 0.506. The van der Waals surface area contributed by atoms with E-state index >= 15 is 0 Å². The van der Waals surface area contributed by atoms with Gasteiger partial charge in [-0.3, -0.25) is 14.6 Å². The summed E-state index contributed by atoms with van der Waals surface area (Å²) in [6.07, 6.45) is 2.79. The Bertz CT molecular complexity index is 1530.